The van der Waals surface area contributed by atoms with Crippen LogP contribution in [0.1, 0.15) is 24.8 Å². The summed E-state index contributed by atoms with van der Waals surface area (Å²) >= 11 is 0. The number of hydrogen-bond donors (Lipinski definition) is 2. The van der Waals surface area contributed by atoms with Gasteiger partial charge in [-0.2, -0.15) is 0 Å². The van der Waals surface area contributed by atoms with Gasteiger partial charge in [-0.05, 0) is 37.1 Å². The molecular formula is C24H33N3O4. The fourth-order valence-corrected chi connectivity index (χ4v) is 3.17. The Morgan fingerprint density at radius 1 is 1.19 bits per heavy atom. The first kappa shape index (κ1) is 13.1. The van der Waals surface area contributed by atoms with Crippen molar-refractivity contribution in [2.45, 2.75) is 20.0 Å². The molecule has 1 atom stereocenters. The fraction of sp³-hybridized carbons (Fsp3) is 0.458. The number of carbonyl (C=O) groups is 1. The molecule has 2 aromatic rings. The molecule has 0 bridgehead atoms. The van der Waals surface area contributed by atoms with Crippen LogP contribution in [0.15, 0.2) is 42.4 Å². The van der Waals surface area contributed by atoms with Crippen molar-refractivity contribution >= 4 is 11.6 Å². The van der Waals surface area contributed by atoms with Gasteiger partial charge in [0.05, 0.1) is 27.2 Å². The molecule has 1 saturated heterocycles. The van der Waals surface area contributed by atoms with E-state index in [0.29, 0.717) is 0 Å². The fourth-order valence-electron chi connectivity index (χ4n) is 3.17. The molecule has 1 aliphatic rings. The number of benzene rings is 2. The van der Waals surface area contributed by atoms with Crippen molar-refractivity contribution in [2.24, 2.45) is 0 Å². The van der Waals surface area contributed by atoms with Gasteiger partial charge < -0.3 is 19.9 Å². The molecule has 2 aromatic carbocycles. The van der Waals surface area contributed by atoms with Crippen LogP contribution in [-0.4, -0.2) is 79.7 Å². The molecule has 1 amide bonds. The van der Waals surface area contributed by atoms with Crippen LogP contribution in [-0.2, 0) is 4.79 Å². The van der Waals surface area contributed by atoms with E-state index in [1.54, 1.807) is 4.90 Å². The van der Waals surface area contributed by atoms with E-state index in [0.717, 1.165) is 0 Å². The third-order valence-electron chi connectivity index (χ3n) is 4.82. The minimum Gasteiger partial charge on any atom is -0.493 e. The van der Waals surface area contributed by atoms with Gasteiger partial charge in [-0.25, -0.2) is 0 Å². The van der Waals surface area contributed by atoms with E-state index < -0.39 is 32.1 Å². The third-order valence-corrected chi connectivity index (χ3v) is 4.82. The predicted molar refractivity (Wildman–Crippen MR) is 122 cm³/mol. The maximum atomic E-state index is 13.0. The summed E-state index contributed by atoms with van der Waals surface area (Å²) in [5, 5.41) is 13.1. The molecule has 0 aromatic heterocycles. The number of amides is 1. The number of methoxy groups -OCH3 is 1. The minimum atomic E-state index is -2.79. The highest BCUT2D eigenvalue weighted by Gasteiger charge is 2.21. The van der Waals surface area contributed by atoms with E-state index in [4.69, 9.17) is 23.2 Å². The largest absolute Gasteiger partial charge is 0.493 e. The molecule has 0 radical (unpaired) electrons. The number of aliphatic hydroxyl groups excluding tert-OH is 1. The van der Waals surface area contributed by atoms with Crippen LogP contribution in [0.5, 0.6) is 11.5 Å². The lowest BCUT2D eigenvalue weighted by atomic mass is 10.1. The lowest BCUT2D eigenvalue weighted by Gasteiger charge is -2.35. The van der Waals surface area contributed by atoms with Gasteiger partial charge in [-0.15, -0.1) is 0 Å². The number of nitrogens with one attached hydrogen (secondary N) is 1. The topological polar surface area (TPSA) is 74.3 Å². The van der Waals surface area contributed by atoms with Crippen LogP contribution in [0, 0.1) is 13.8 Å². The molecule has 1 aliphatic heterocycles. The molecule has 1 unspecified atom stereocenters. The SMILES string of the molecule is [2H]c1c([2H])c(C)c(NC(=O)C([2H])([2H])N2CCN(CC(O)C([2H])([2H])Oc3ccccc3OC([2H])([2H])[2H])CC2)c(C)c1[2H]. The smallest absolute Gasteiger partial charge is 0.238 e. The van der Waals surface area contributed by atoms with E-state index in [1.807, 2.05) is 0 Å². The summed E-state index contributed by atoms with van der Waals surface area (Å²) < 4.78 is 89.1. The van der Waals surface area contributed by atoms with E-state index >= 15 is 0 Å². The Kier molecular flexibility index (Phi) is 4.69. The first-order valence-electron chi connectivity index (χ1n) is 14.9. The summed E-state index contributed by atoms with van der Waals surface area (Å²) in [6.45, 7) is -1.71. The molecule has 168 valence electrons. The highest BCUT2D eigenvalue weighted by Crippen LogP contribution is 2.25. The number of ether oxygens (including phenoxy) is 2. The Morgan fingerprint density at radius 2 is 1.84 bits per heavy atom. The van der Waals surface area contributed by atoms with Crippen molar-refractivity contribution < 1.29 is 33.1 Å². The van der Waals surface area contributed by atoms with Gasteiger partial charge in [0.1, 0.15) is 12.7 Å². The number of piperazine rings is 1. The zero-order valence-corrected chi connectivity index (χ0v) is 17.5. The monoisotopic (exact) mass is 437 g/mol. The van der Waals surface area contributed by atoms with Crippen LogP contribution in [0.2, 0.25) is 0 Å². The summed E-state index contributed by atoms with van der Waals surface area (Å²) in [6.07, 6.45) is -1.67. The first-order chi connectivity index (χ1) is 18.8. The second-order valence-corrected chi connectivity index (χ2v) is 7.14. The van der Waals surface area contributed by atoms with Gasteiger partial charge in [-0.1, -0.05) is 30.3 Å². The molecule has 31 heavy (non-hydrogen) atoms. The molecule has 0 aliphatic carbocycles. The number of carbonyl (C=O) groups excluding carboxylic acids is 1. The number of para-hydroxylation sites is 3. The average molecular weight is 438 g/mol. The van der Waals surface area contributed by atoms with Crippen molar-refractivity contribution in [2.75, 3.05) is 58.1 Å². The van der Waals surface area contributed by atoms with Crippen LogP contribution < -0.4 is 14.8 Å². The lowest BCUT2D eigenvalue weighted by Crippen LogP contribution is -2.50. The van der Waals surface area contributed by atoms with Crippen molar-refractivity contribution in [3.8, 4) is 11.5 Å². The Labute approximate surface area is 198 Å². The summed E-state index contributed by atoms with van der Waals surface area (Å²) in [6, 6.07) is 4.89. The van der Waals surface area contributed by atoms with E-state index in [9.17, 15) is 9.90 Å². The van der Waals surface area contributed by atoms with Gasteiger partial charge in [0.25, 0.3) is 0 Å². The Bertz CT molecular complexity index is 1240. The summed E-state index contributed by atoms with van der Waals surface area (Å²) in [7, 11) is -2.79. The van der Waals surface area contributed by atoms with Crippen molar-refractivity contribution in [3.63, 3.8) is 0 Å². The molecule has 7 nitrogen and oxygen atoms in total. The number of nitrogens with zero attached hydrogens (tertiary/aromatic N) is 2. The molecule has 2 N–H and O–H groups in total. The number of rotatable bonds is 9. The molecule has 1 fully saturated rings. The highest BCUT2D eigenvalue weighted by molar-refractivity contribution is 5.93. The predicted octanol–water partition coefficient (Wildman–Crippen LogP) is 2.31. The Balaban J connectivity index is 1.61. The van der Waals surface area contributed by atoms with Crippen molar-refractivity contribution in [1.82, 2.24) is 9.80 Å². The molecule has 0 spiro atoms. The molecule has 3 rings (SSSR count). The molecule has 1 heterocycles. The standard InChI is InChI=1S/C24H33N3O4/c1-18-7-6-8-19(2)24(18)25-23(29)16-27-13-11-26(12-14-27)15-20(28)17-31-22-10-5-4-9-21(22)30-3/h4-10,20,28H,11-17H2,1-3H3,(H,25,29)/i3D3,6D,7D,8D,16D2,17D2. The second-order valence-electron chi connectivity index (χ2n) is 7.14. The van der Waals surface area contributed by atoms with Crippen molar-refractivity contribution in [3.05, 3.63) is 53.5 Å². The van der Waals surface area contributed by atoms with Crippen LogP contribution in [0.4, 0.5) is 5.69 Å². The van der Waals surface area contributed by atoms with Gasteiger partial charge in [-0.3, -0.25) is 14.6 Å². The van der Waals surface area contributed by atoms with E-state index in [1.165, 1.54) is 43.0 Å². The number of aliphatic hydroxyl groups is 1. The van der Waals surface area contributed by atoms with Gasteiger partial charge >= 0.3 is 0 Å². The number of anilines is 1. The van der Waals surface area contributed by atoms with Gasteiger partial charge in [0.2, 0.25) is 5.91 Å². The van der Waals surface area contributed by atoms with Gasteiger partial charge in [0.15, 0.2) is 11.5 Å². The van der Waals surface area contributed by atoms with Gasteiger partial charge in [0, 0.05) is 38.4 Å². The average Bonchev–Trinajstić information content (AvgIpc) is 2.89. The molecule has 0 saturated carbocycles. The van der Waals surface area contributed by atoms with Crippen molar-refractivity contribution in [1.29, 1.82) is 0 Å². The third kappa shape index (κ3) is 6.69. The quantitative estimate of drug-likeness (QED) is 0.627. The van der Waals surface area contributed by atoms with E-state index in [-0.39, 0.29) is 79.2 Å². The Hall–Kier alpha value is -2.61. The molecule has 7 heteroatoms. The zero-order chi connectivity index (χ0) is 30.9. The summed E-state index contributed by atoms with van der Waals surface area (Å²) in [5.74, 6) is -1.40. The second kappa shape index (κ2) is 11.1. The maximum Gasteiger partial charge on any atom is 0.238 e. The van der Waals surface area contributed by atoms with E-state index in [2.05, 4.69) is 5.32 Å². The summed E-state index contributed by atoms with van der Waals surface area (Å²) in [5.41, 5.74) is 0.644. The lowest BCUT2D eigenvalue weighted by molar-refractivity contribution is -0.117. The maximum absolute atomic E-state index is 13.0. The van der Waals surface area contributed by atoms with Crippen LogP contribution in [0.3, 0.4) is 0 Å². The van der Waals surface area contributed by atoms with Crippen LogP contribution in [0.25, 0.3) is 0 Å². The number of β-amino-alcohol motifs (C(OH)–C–C–N with tert-alkyl or cyclic N) is 1. The first-order valence-corrected chi connectivity index (χ1v) is 9.86. The number of hydrogen-bond acceptors (Lipinski definition) is 6. The Morgan fingerprint density at radius 3 is 2.52 bits per heavy atom. The normalized spacial score (nSPS) is 22.0. The minimum absolute atomic E-state index is 0.0727. The zero-order valence-electron chi connectivity index (χ0n) is 27.5. The van der Waals surface area contributed by atoms with Crippen LogP contribution >= 0.6 is 0 Å². The highest BCUT2D eigenvalue weighted by atomic mass is 16.5. The summed E-state index contributed by atoms with van der Waals surface area (Å²) in [4.78, 5) is 15.9. The molecular weight excluding hydrogens is 394 g/mol.